The van der Waals surface area contributed by atoms with Gasteiger partial charge in [-0.3, -0.25) is 0 Å². The van der Waals surface area contributed by atoms with Gasteiger partial charge in [-0.1, -0.05) is 40.0 Å². The first-order chi connectivity index (χ1) is 10.7. The molecule has 1 heterocycles. The molecule has 1 rings (SSSR count). The molecule has 0 aromatic heterocycles. The summed E-state index contributed by atoms with van der Waals surface area (Å²) in [7, 11) is 0. The highest BCUT2D eigenvalue weighted by Crippen LogP contribution is 2.23. The summed E-state index contributed by atoms with van der Waals surface area (Å²) in [5, 5.41) is 0. The highest BCUT2D eigenvalue weighted by Gasteiger charge is 2.46. The van der Waals surface area contributed by atoms with Crippen molar-refractivity contribution in [2.45, 2.75) is 77.6 Å². The Balaban J connectivity index is 2.50. The third-order valence-electron chi connectivity index (χ3n) is 3.69. The van der Waals surface area contributed by atoms with Gasteiger partial charge in [-0.25, -0.2) is 4.79 Å². The van der Waals surface area contributed by atoms with Gasteiger partial charge in [0.25, 0.3) is 0 Å². The second-order valence-electron chi connectivity index (χ2n) is 5.74. The number of rotatable bonds is 13. The molecule has 0 aliphatic carbocycles. The summed E-state index contributed by atoms with van der Waals surface area (Å²) >= 11 is 0. The normalized spacial score (nSPS) is 24.7. The summed E-state index contributed by atoms with van der Waals surface area (Å²) in [4.78, 5) is 12.0. The molecule has 0 amide bonds. The van der Waals surface area contributed by atoms with Gasteiger partial charge in [0, 0.05) is 19.8 Å². The minimum Gasteiger partial charge on any atom is -0.455 e. The third kappa shape index (κ3) is 6.63. The van der Waals surface area contributed by atoms with Crippen molar-refractivity contribution < 1.29 is 23.7 Å². The minimum atomic E-state index is -0.608. The molecule has 1 aliphatic rings. The van der Waals surface area contributed by atoms with Crippen molar-refractivity contribution in [2.75, 3.05) is 26.4 Å². The smallest absolute Gasteiger partial charge is 0.338 e. The first-order valence-electron chi connectivity index (χ1n) is 8.75. The molecule has 0 radical (unpaired) electrons. The number of esters is 1. The largest absolute Gasteiger partial charge is 0.455 e. The molecule has 0 aromatic carbocycles. The number of carbonyl (C=O) groups is 1. The van der Waals surface area contributed by atoms with Crippen LogP contribution in [0.2, 0.25) is 0 Å². The molecule has 0 N–H and O–H groups in total. The summed E-state index contributed by atoms with van der Waals surface area (Å²) in [6.45, 7) is 8.58. The molecule has 22 heavy (non-hydrogen) atoms. The van der Waals surface area contributed by atoms with E-state index in [9.17, 15) is 4.79 Å². The molecular weight excluding hydrogens is 284 g/mol. The highest BCUT2D eigenvalue weighted by molar-refractivity contribution is 5.78. The van der Waals surface area contributed by atoms with Crippen molar-refractivity contribution in [3.05, 3.63) is 0 Å². The molecule has 3 atom stereocenters. The molecule has 5 heteroatoms. The van der Waals surface area contributed by atoms with Crippen LogP contribution in [0.25, 0.3) is 0 Å². The van der Waals surface area contributed by atoms with Crippen LogP contribution in [0.15, 0.2) is 0 Å². The molecule has 0 bridgehead atoms. The van der Waals surface area contributed by atoms with E-state index in [0.717, 1.165) is 38.5 Å². The van der Waals surface area contributed by atoms with E-state index in [-0.39, 0.29) is 18.2 Å². The molecule has 2 unspecified atom stereocenters. The molecule has 1 aliphatic heterocycles. The Labute approximate surface area is 134 Å². The number of hydrogen-bond acceptors (Lipinski definition) is 5. The van der Waals surface area contributed by atoms with Gasteiger partial charge in [-0.05, 0) is 19.3 Å². The first kappa shape index (κ1) is 19.4. The van der Waals surface area contributed by atoms with E-state index >= 15 is 0 Å². The number of ether oxygens (including phenoxy) is 4. The van der Waals surface area contributed by atoms with Crippen LogP contribution in [0.3, 0.4) is 0 Å². The summed E-state index contributed by atoms with van der Waals surface area (Å²) in [5.74, 6) is -0.318. The molecule has 0 spiro atoms. The van der Waals surface area contributed by atoms with Crippen LogP contribution in [-0.4, -0.2) is 50.7 Å². The number of hydrogen-bond donors (Lipinski definition) is 0. The van der Waals surface area contributed by atoms with Crippen molar-refractivity contribution >= 4 is 5.97 Å². The fraction of sp³-hybridized carbons (Fsp3) is 0.941. The second-order valence-corrected chi connectivity index (χ2v) is 5.74. The summed E-state index contributed by atoms with van der Waals surface area (Å²) in [6, 6.07) is 0. The van der Waals surface area contributed by atoms with E-state index in [1.807, 2.05) is 0 Å². The molecular formula is C17H32O5. The summed E-state index contributed by atoms with van der Waals surface area (Å²) in [5.41, 5.74) is 0. The average Bonchev–Trinajstić information content (AvgIpc) is 2.80. The molecule has 130 valence electrons. The van der Waals surface area contributed by atoms with Crippen LogP contribution in [0.5, 0.6) is 0 Å². The average molecular weight is 316 g/mol. The minimum absolute atomic E-state index is 0.318. The zero-order valence-electron chi connectivity index (χ0n) is 14.3. The molecule has 0 saturated carbocycles. The Hall–Kier alpha value is -0.650. The maximum atomic E-state index is 12.0. The quantitative estimate of drug-likeness (QED) is 0.386. The lowest BCUT2D eigenvalue weighted by Crippen LogP contribution is -2.38. The lowest BCUT2D eigenvalue weighted by atomic mass is 10.1. The van der Waals surface area contributed by atoms with Crippen molar-refractivity contribution in [3.63, 3.8) is 0 Å². The van der Waals surface area contributed by atoms with Crippen LogP contribution >= 0.6 is 0 Å². The van der Waals surface area contributed by atoms with E-state index in [1.165, 1.54) is 0 Å². The van der Waals surface area contributed by atoms with Crippen molar-refractivity contribution in [2.24, 2.45) is 0 Å². The summed E-state index contributed by atoms with van der Waals surface area (Å²) < 4.78 is 22.6. The van der Waals surface area contributed by atoms with Gasteiger partial charge in [0.15, 0.2) is 12.2 Å². The first-order valence-corrected chi connectivity index (χ1v) is 8.75. The van der Waals surface area contributed by atoms with Crippen molar-refractivity contribution in [3.8, 4) is 0 Å². The Morgan fingerprint density at radius 3 is 2.14 bits per heavy atom. The van der Waals surface area contributed by atoms with Crippen molar-refractivity contribution in [1.29, 1.82) is 0 Å². The Kier molecular flexibility index (Phi) is 10.5. The number of cyclic esters (lactones) is 1. The Morgan fingerprint density at radius 2 is 1.50 bits per heavy atom. The zero-order valence-corrected chi connectivity index (χ0v) is 14.3. The maximum absolute atomic E-state index is 12.0. The third-order valence-corrected chi connectivity index (χ3v) is 3.69. The molecule has 1 fully saturated rings. The highest BCUT2D eigenvalue weighted by atomic mass is 16.6. The van der Waals surface area contributed by atoms with Gasteiger partial charge in [0.2, 0.25) is 0 Å². The number of unbranched alkanes of at least 4 members (excludes halogenated alkanes) is 3. The van der Waals surface area contributed by atoms with Crippen LogP contribution in [0.4, 0.5) is 0 Å². The fourth-order valence-corrected chi connectivity index (χ4v) is 2.26. The van der Waals surface area contributed by atoms with Gasteiger partial charge < -0.3 is 18.9 Å². The topological polar surface area (TPSA) is 54.0 Å². The van der Waals surface area contributed by atoms with E-state index < -0.39 is 6.10 Å². The SMILES string of the molecule is CCCCOC[C@H]1OC(=O)C(OCCCC)C1OCCCC. The van der Waals surface area contributed by atoms with Gasteiger partial charge in [0.05, 0.1) is 6.61 Å². The van der Waals surface area contributed by atoms with Gasteiger partial charge in [-0.2, -0.15) is 0 Å². The Bertz CT molecular complexity index is 295. The van der Waals surface area contributed by atoms with Crippen LogP contribution in [0, 0.1) is 0 Å². The van der Waals surface area contributed by atoms with Gasteiger partial charge >= 0.3 is 5.97 Å². The van der Waals surface area contributed by atoms with Crippen LogP contribution < -0.4 is 0 Å². The second kappa shape index (κ2) is 11.9. The Morgan fingerprint density at radius 1 is 0.909 bits per heavy atom. The van der Waals surface area contributed by atoms with E-state index in [1.54, 1.807) is 0 Å². The van der Waals surface area contributed by atoms with E-state index in [0.29, 0.717) is 26.4 Å². The maximum Gasteiger partial charge on any atom is 0.338 e. The van der Waals surface area contributed by atoms with E-state index in [4.69, 9.17) is 18.9 Å². The van der Waals surface area contributed by atoms with Crippen LogP contribution in [0.1, 0.15) is 59.3 Å². The lowest BCUT2D eigenvalue weighted by Gasteiger charge is -2.21. The standard InChI is InChI=1S/C17H32O5/c1-4-7-10-19-13-14-15(20-11-8-5-2)16(17(18)22-14)21-12-9-6-3/h14-16H,4-13H2,1-3H3/t14-,15?,16?/m1/s1. The monoisotopic (exact) mass is 316 g/mol. The molecule has 1 saturated heterocycles. The summed E-state index contributed by atoms with van der Waals surface area (Å²) in [6.07, 6.45) is 4.78. The molecule has 0 aromatic rings. The van der Waals surface area contributed by atoms with Gasteiger partial charge in [-0.15, -0.1) is 0 Å². The zero-order chi connectivity index (χ0) is 16.2. The molecule has 5 nitrogen and oxygen atoms in total. The lowest BCUT2D eigenvalue weighted by molar-refractivity contribution is -0.151. The predicted octanol–water partition coefficient (Wildman–Crippen LogP) is 3.10. The fourth-order valence-electron chi connectivity index (χ4n) is 2.26. The van der Waals surface area contributed by atoms with E-state index in [2.05, 4.69) is 20.8 Å². The van der Waals surface area contributed by atoms with Crippen LogP contribution in [-0.2, 0) is 23.7 Å². The van der Waals surface area contributed by atoms with Crippen molar-refractivity contribution in [1.82, 2.24) is 0 Å². The number of carbonyl (C=O) groups excluding carboxylic acids is 1. The predicted molar refractivity (Wildman–Crippen MR) is 84.9 cm³/mol. The van der Waals surface area contributed by atoms with Gasteiger partial charge in [0.1, 0.15) is 6.10 Å².